The van der Waals surface area contributed by atoms with Crippen LogP contribution in [-0.4, -0.2) is 35.1 Å². The van der Waals surface area contributed by atoms with Crippen molar-refractivity contribution in [3.05, 3.63) is 0 Å². The average molecular weight is 639 g/mol. The van der Waals surface area contributed by atoms with Gasteiger partial charge in [0.2, 0.25) is 0 Å². The summed E-state index contributed by atoms with van der Waals surface area (Å²) in [6, 6.07) is 0. The third-order valence-corrected chi connectivity index (χ3v) is 11.9. The summed E-state index contributed by atoms with van der Waals surface area (Å²) < 4.78 is 17.2. The highest BCUT2D eigenvalue weighted by atomic mass is 16.6. The molecule has 0 aromatic carbocycles. The number of hydrogen-bond acceptors (Lipinski definition) is 7. The largest absolute Gasteiger partial charge is 0.460 e. The minimum Gasteiger partial charge on any atom is -0.460 e. The van der Waals surface area contributed by atoms with E-state index in [1.54, 1.807) is 0 Å². The number of rotatable bonds is 6. The summed E-state index contributed by atoms with van der Waals surface area (Å²) in [6.45, 7) is 11.7. The molecule has 0 amide bonds. The van der Waals surface area contributed by atoms with Gasteiger partial charge in [-0.2, -0.15) is 0 Å². The Bertz CT molecular complexity index is 1060. The third kappa shape index (κ3) is 7.17. The van der Waals surface area contributed by atoms with Crippen molar-refractivity contribution >= 4 is 23.9 Å². The van der Waals surface area contributed by atoms with E-state index in [0.717, 1.165) is 25.2 Å². The van der Waals surface area contributed by atoms with Gasteiger partial charge in [-0.3, -0.25) is 19.2 Å². The molecule has 13 unspecified atom stereocenters. The van der Waals surface area contributed by atoms with E-state index in [1.807, 2.05) is 27.7 Å². The maximum absolute atomic E-state index is 13.4. The first-order chi connectivity index (χ1) is 18.3. The first-order valence-electron chi connectivity index (χ1n) is 15.5. The molecule has 264 valence electrons. The van der Waals surface area contributed by atoms with Gasteiger partial charge in [0.05, 0.1) is 23.7 Å². The molecule has 45 heavy (non-hydrogen) atoms. The number of carbonyl (C=O) groups is 4. The van der Waals surface area contributed by atoms with E-state index in [0.29, 0.717) is 23.7 Å². The summed E-state index contributed by atoms with van der Waals surface area (Å²) in [5, 5.41) is 0. The Morgan fingerprint density at radius 3 is 2.13 bits per heavy atom. The van der Waals surface area contributed by atoms with Crippen LogP contribution in [0.1, 0.15) is 137 Å². The van der Waals surface area contributed by atoms with Crippen LogP contribution < -0.4 is 0 Å². The van der Waals surface area contributed by atoms with Crippen LogP contribution in [0.15, 0.2) is 0 Å². The lowest BCUT2D eigenvalue weighted by atomic mass is 9.65. The Morgan fingerprint density at radius 1 is 0.911 bits per heavy atom. The monoisotopic (exact) mass is 639 g/mol. The van der Waals surface area contributed by atoms with Crippen LogP contribution in [0.5, 0.6) is 0 Å². The molecule has 6 aliphatic rings. The van der Waals surface area contributed by atoms with Crippen molar-refractivity contribution in [3.63, 3.8) is 0 Å². The molecule has 0 aromatic heterocycles. The highest BCUT2D eigenvalue weighted by Gasteiger charge is 2.63. The molecule has 1 saturated heterocycles. The van der Waals surface area contributed by atoms with E-state index >= 15 is 0 Å². The molecule has 1 aliphatic heterocycles. The molecule has 7 nitrogen and oxygen atoms in total. The first kappa shape index (κ1) is 43.1. The molecule has 6 fully saturated rings. The quantitative estimate of drug-likeness (QED) is 0.163. The molecule has 5 aliphatic carbocycles. The van der Waals surface area contributed by atoms with E-state index in [9.17, 15) is 19.2 Å². The molecule has 13 atom stereocenters. The van der Waals surface area contributed by atoms with Crippen LogP contribution in [0.2, 0.25) is 0 Å². The van der Waals surface area contributed by atoms with Crippen molar-refractivity contribution in [1.82, 2.24) is 0 Å². The summed E-state index contributed by atoms with van der Waals surface area (Å²) in [6.07, 6.45) is 7.84. The average Bonchev–Trinajstić information content (AvgIpc) is 3.64. The van der Waals surface area contributed by atoms with Gasteiger partial charge < -0.3 is 14.2 Å². The Morgan fingerprint density at radius 2 is 1.53 bits per heavy atom. The second-order valence-electron chi connectivity index (χ2n) is 15.3. The minimum atomic E-state index is -0.682. The summed E-state index contributed by atoms with van der Waals surface area (Å²) >= 11 is 0. The predicted octanol–water partition coefficient (Wildman–Crippen LogP) is 9.15. The molecule has 1 heterocycles. The maximum atomic E-state index is 13.4. The molecule has 0 N–H and O–H groups in total. The van der Waals surface area contributed by atoms with E-state index in [1.165, 1.54) is 25.7 Å². The summed E-state index contributed by atoms with van der Waals surface area (Å²) in [4.78, 5) is 52.6. The van der Waals surface area contributed by atoms with Gasteiger partial charge in [0.1, 0.15) is 11.2 Å². The van der Waals surface area contributed by atoms with Crippen LogP contribution in [0.4, 0.5) is 0 Å². The van der Waals surface area contributed by atoms with E-state index in [-0.39, 0.29) is 86.6 Å². The highest BCUT2D eigenvalue weighted by Crippen LogP contribution is 2.64. The van der Waals surface area contributed by atoms with Crippen molar-refractivity contribution in [3.8, 4) is 0 Å². The fourth-order valence-corrected chi connectivity index (χ4v) is 10.4. The van der Waals surface area contributed by atoms with Crippen molar-refractivity contribution < 1.29 is 33.4 Å². The van der Waals surface area contributed by atoms with Gasteiger partial charge in [0, 0.05) is 5.92 Å². The number of esters is 4. The lowest BCUT2D eigenvalue weighted by molar-refractivity contribution is -0.172. The molecule has 6 rings (SSSR count). The maximum Gasteiger partial charge on any atom is 0.317 e. The second-order valence-corrected chi connectivity index (χ2v) is 15.3. The molecule has 0 spiro atoms. The SMILES string of the molecule is C.C.C.C.C.C.CC(CC1C(=O)OC(=O)C1C1C(C)C2CC(C(=O)OC(C)(C)C)C1C2)C(=O)OC1(C)CC2CC1C1CCCC21. The fourth-order valence-electron chi connectivity index (χ4n) is 10.4. The van der Waals surface area contributed by atoms with Crippen molar-refractivity contribution in [2.75, 3.05) is 0 Å². The molecule has 5 saturated carbocycles. The number of hydrogen-bond donors (Lipinski definition) is 0. The summed E-state index contributed by atoms with van der Waals surface area (Å²) in [5.41, 5.74) is -0.999. The number of ether oxygens (including phenoxy) is 3. The Balaban J connectivity index is 0.00000323. The first-order valence-corrected chi connectivity index (χ1v) is 15.5. The van der Waals surface area contributed by atoms with Gasteiger partial charge >= 0.3 is 23.9 Å². The molecule has 7 heteroatoms. The lowest BCUT2D eigenvalue weighted by Gasteiger charge is -2.40. The molecule has 0 aromatic rings. The van der Waals surface area contributed by atoms with Crippen LogP contribution in [-0.2, 0) is 33.4 Å². The standard InChI is InChI=1S/C32H46O7.6CH4/c1-15(27(33)39-32(6)14-18-13-24(32)20-9-7-8-19(18)20)10-23-26(30(36)37-28(23)34)25-16(2)17-11-21(25)22(12-17)29(35)38-31(3,4)5;;;;;;/h15-26H,7-14H2,1-6H3;6*1H4. The Kier molecular flexibility index (Phi) is 14.2. The zero-order chi connectivity index (χ0) is 28.0. The van der Waals surface area contributed by atoms with E-state index in [2.05, 4.69) is 13.8 Å². The normalized spacial score (nSPS) is 40.6. The third-order valence-electron chi connectivity index (χ3n) is 11.9. The Labute approximate surface area is 276 Å². The molecular weight excluding hydrogens is 568 g/mol. The second kappa shape index (κ2) is 14.9. The zero-order valence-electron chi connectivity index (χ0n) is 24.4. The van der Waals surface area contributed by atoms with Gasteiger partial charge in [-0.15, -0.1) is 0 Å². The summed E-state index contributed by atoms with van der Waals surface area (Å²) in [5.74, 6) is -0.603. The van der Waals surface area contributed by atoms with Gasteiger partial charge in [-0.25, -0.2) is 0 Å². The van der Waals surface area contributed by atoms with Gasteiger partial charge in [0.25, 0.3) is 0 Å². The van der Waals surface area contributed by atoms with Gasteiger partial charge in [-0.05, 0) is 114 Å². The van der Waals surface area contributed by atoms with Crippen molar-refractivity contribution in [1.29, 1.82) is 0 Å². The molecule has 0 radical (unpaired) electrons. The van der Waals surface area contributed by atoms with Crippen molar-refractivity contribution in [2.24, 2.45) is 71.0 Å². The smallest absolute Gasteiger partial charge is 0.317 e. The Hall–Kier alpha value is -1.92. The number of cyclic esters (lactones) is 2. The number of fused-ring (bicyclic) bond motifs is 7. The molecular formula is C38H70O7. The van der Waals surface area contributed by atoms with Crippen molar-refractivity contribution in [2.45, 2.75) is 149 Å². The summed E-state index contributed by atoms with van der Waals surface area (Å²) in [7, 11) is 0. The van der Waals surface area contributed by atoms with Gasteiger partial charge in [0.15, 0.2) is 0 Å². The van der Waals surface area contributed by atoms with Crippen LogP contribution in [0.25, 0.3) is 0 Å². The van der Waals surface area contributed by atoms with E-state index < -0.39 is 40.9 Å². The molecule has 4 bridgehead atoms. The van der Waals surface area contributed by atoms with E-state index in [4.69, 9.17) is 14.2 Å². The van der Waals surface area contributed by atoms with Crippen LogP contribution >= 0.6 is 0 Å². The topological polar surface area (TPSA) is 96.0 Å². The zero-order valence-corrected chi connectivity index (χ0v) is 24.4. The van der Waals surface area contributed by atoms with Crippen LogP contribution in [0, 0.1) is 71.0 Å². The van der Waals surface area contributed by atoms with Crippen LogP contribution in [0.3, 0.4) is 0 Å². The van der Waals surface area contributed by atoms with Gasteiger partial charge in [-0.1, -0.05) is 64.8 Å². The minimum absolute atomic E-state index is 0. The predicted molar refractivity (Wildman–Crippen MR) is 182 cm³/mol. The fraction of sp³-hybridized carbons (Fsp3) is 0.895. The number of carbonyl (C=O) groups excluding carboxylic acids is 4. The lowest BCUT2D eigenvalue weighted by Crippen LogP contribution is -2.44. The highest BCUT2D eigenvalue weighted by molar-refractivity contribution is 5.97.